The molecule has 0 aliphatic carbocycles. The molecule has 0 spiro atoms. The lowest BCUT2D eigenvalue weighted by molar-refractivity contribution is 0.231. The maximum absolute atomic E-state index is 14.5. The van der Waals surface area contributed by atoms with Crippen molar-refractivity contribution in [2.75, 3.05) is 31.1 Å². The van der Waals surface area contributed by atoms with Crippen LogP contribution in [0.3, 0.4) is 0 Å². The van der Waals surface area contributed by atoms with Gasteiger partial charge in [-0.25, -0.2) is 14.4 Å². The lowest BCUT2D eigenvalue weighted by atomic mass is 10.1. The van der Waals surface area contributed by atoms with E-state index in [1.54, 1.807) is 21.2 Å². The standard InChI is InChI=1S/C23H23FN6O/c1-15-11-29-12-16(9-19(24)23(29)25-15)20-10-22(31)30-14-18(4-5-21(30)26-20)28-8-7-27-6-2-3-17(27)13-28/h4-5,9-12,14,17H,2-3,6-8,13H2,1H3/t17-/m1/s1. The molecule has 31 heavy (non-hydrogen) atoms. The third-order valence-electron chi connectivity index (χ3n) is 6.52. The lowest BCUT2D eigenvalue weighted by Gasteiger charge is -2.38. The Kier molecular flexibility index (Phi) is 4.11. The van der Waals surface area contributed by atoms with Crippen LogP contribution >= 0.6 is 0 Å². The van der Waals surface area contributed by atoms with Crippen molar-refractivity contribution >= 4 is 17.0 Å². The summed E-state index contributed by atoms with van der Waals surface area (Å²) in [5.41, 5.74) is 3.40. The lowest BCUT2D eigenvalue weighted by Crippen LogP contribution is -2.50. The first-order valence-corrected chi connectivity index (χ1v) is 10.7. The highest BCUT2D eigenvalue weighted by Gasteiger charge is 2.30. The Balaban J connectivity index is 1.38. The molecule has 2 aliphatic heterocycles. The largest absolute Gasteiger partial charge is 0.367 e. The van der Waals surface area contributed by atoms with E-state index < -0.39 is 5.82 Å². The number of anilines is 1. The van der Waals surface area contributed by atoms with Crippen LogP contribution in [0.15, 0.2) is 47.7 Å². The van der Waals surface area contributed by atoms with Gasteiger partial charge < -0.3 is 9.30 Å². The highest BCUT2D eigenvalue weighted by Crippen LogP contribution is 2.26. The van der Waals surface area contributed by atoms with Gasteiger partial charge in [0.1, 0.15) is 5.65 Å². The molecule has 6 heterocycles. The van der Waals surface area contributed by atoms with E-state index in [1.165, 1.54) is 31.5 Å². The molecule has 0 N–H and O–H groups in total. The van der Waals surface area contributed by atoms with E-state index in [9.17, 15) is 9.18 Å². The molecular weight excluding hydrogens is 395 g/mol. The van der Waals surface area contributed by atoms with Gasteiger partial charge in [-0.2, -0.15) is 0 Å². The van der Waals surface area contributed by atoms with Crippen LogP contribution in [0.4, 0.5) is 10.1 Å². The smallest absolute Gasteiger partial charge is 0.258 e. The van der Waals surface area contributed by atoms with E-state index in [0.29, 0.717) is 22.9 Å². The molecule has 7 nitrogen and oxygen atoms in total. The van der Waals surface area contributed by atoms with Gasteiger partial charge in [-0.3, -0.25) is 14.1 Å². The molecular formula is C23H23FN6O. The second-order valence-corrected chi connectivity index (χ2v) is 8.56. The number of aromatic nitrogens is 4. The second kappa shape index (κ2) is 6.88. The van der Waals surface area contributed by atoms with Gasteiger partial charge in [0.25, 0.3) is 5.56 Å². The Morgan fingerprint density at radius 2 is 1.97 bits per heavy atom. The molecule has 0 amide bonds. The van der Waals surface area contributed by atoms with Gasteiger partial charge >= 0.3 is 0 Å². The quantitative estimate of drug-likeness (QED) is 0.501. The van der Waals surface area contributed by atoms with Gasteiger partial charge in [0.05, 0.1) is 17.1 Å². The van der Waals surface area contributed by atoms with Crippen LogP contribution in [-0.2, 0) is 0 Å². The SMILES string of the molecule is Cc1cn2cc(-c3cc(=O)n4cc(N5CCN6CCC[C@@H]6C5)ccc4n3)cc(F)c2n1. The predicted molar refractivity (Wildman–Crippen MR) is 117 cm³/mol. The summed E-state index contributed by atoms with van der Waals surface area (Å²) < 4.78 is 17.7. The minimum atomic E-state index is -0.436. The molecule has 0 bridgehead atoms. The highest BCUT2D eigenvalue weighted by atomic mass is 19.1. The summed E-state index contributed by atoms with van der Waals surface area (Å²) in [6.07, 6.45) is 7.90. The summed E-state index contributed by atoms with van der Waals surface area (Å²) in [6, 6.07) is 7.36. The summed E-state index contributed by atoms with van der Waals surface area (Å²) in [7, 11) is 0. The second-order valence-electron chi connectivity index (χ2n) is 8.56. The maximum atomic E-state index is 14.5. The van der Waals surface area contributed by atoms with E-state index in [0.717, 1.165) is 31.0 Å². The average Bonchev–Trinajstić information content (AvgIpc) is 3.38. The summed E-state index contributed by atoms with van der Waals surface area (Å²) in [5, 5.41) is 0. The van der Waals surface area contributed by atoms with E-state index in [4.69, 9.17) is 0 Å². The van der Waals surface area contributed by atoms with Crippen molar-refractivity contribution in [2.24, 2.45) is 0 Å². The van der Waals surface area contributed by atoms with Crippen molar-refractivity contribution in [1.82, 2.24) is 23.7 Å². The summed E-state index contributed by atoms with van der Waals surface area (Å²) in [5.74, 6) is -0.436. The highest BCUT2D eigenvalue weighted by molar-refractivity contribution is 5.64. The predicted octanol–water partition coefficient (Wildman–Crippen LogP) is 2.74. The molecule has 6 rings (SSSR count). The number of fused-ring (bicyclic) bond motifs is 3. The monoisotopic (exact) mass is 418 g/mol. The molecule has 0 saturated carbocycles. The number of nitrogens with zero attached hydrogens (tertiary/aromatic N) is 6. The van der Waals surface area contributed by atoms with Crippen molar-refractivity contribution in [3.8, 4) is 11.3 Å². The minimum absolute atomic E-state index is 0.177. The van der Waals surface area contributed by atoms with Crippen molar-refractivity contribution in [1.29, 1.82) is 0 Å². The van der Waals surface area contributed by atoms with Crippen LogP contribution in [0.5, 0.6) is 0 Å². The Labute approximate surface area is 178 Å². The fourth-order valence-corrected chi connectivity index (χ4v) is 4.97. The van der Waals surface area contributed by atoms with E-state index >= 15 is 0 Å². The number of rotatable bonds is 2. The van der Waals surface area contributed by atoms with Crippen molar-refractivity contribution in [2.45, 2.75) is 25.8 Å². The Bertz CT molecular complexity index is 1380. The topological polar surface area (TPSA) is 58.2 Å². The molecule has 2 fully saturated rings. The number of hydrogen-bond donors (Lipinski definition) is 0. The molecule has 4 aromatic rings. The van der Waals surface area contributed by atoms with E-state index in [2.05, 4.69) is 19.8 Å². The van der Waals surface area contributed by atoms with Gasteiger partial charge in [-0.05, 0) is 44.5 Å². The van der Waals surface area contributed by atoms with Crippen LogP contribution in [-0.4, -0.2) is 55.9 Å². The van der Waals surface area contributed by atoms with Crippen molar-refractivity contribution in [3.05, 3.63) is 64.7 Å². The molecule has 0 aromatic carbocycles. The van der Waals surface area contributed by atoms with Gasteiger partial charge in [0.15, 0.2) is 11.5 Å². The van der Waals surface area contributed by atoms with Crippen molar-refractivity contribution < 1.29 is 4.39 Å². The van der Waals surface area contributed by atoms with Crippen LogP contribution in [0.25, 0.3) is 22.6 Å². The fourth-order valence-electron chi connectivity index (χ4n) is 4.97. The number of hydrogen-bond acceptors (Lipinski definition) is 5. The molecule has 0 radical (unpaired) electrons. The van der Waals surface area contributed by atoms with Gasteiger partial charge in [0.2, 0.25) is 0 Å². The van der Waals surface area contributed by atoms with E-state index in [-0.39, 0.29) is 11.2 Å². The number of pyridine rings is 2. The Hall–Kier alpha value is -3.26. The normalized spacial score (nSPS) is 19.4. The number of piperazine rings is 1. The molecule has 8 heteroatoms. The van der Waals surface area contributed by atoms with Gasteiger partial charge in [0, 0.05) is 55.9 Å². The fraction of sp³-hybridized carbons (Fsp3) is 0.348. The molecule has 2 saturated heterocycles. The third-order valence-corrected chi connectivity index (χ3v) is 6.52. The zero-order chi connectivity index (χ0) is 21.1. The summed E-state index contributed by atoms with van der Waals surface area (Å²) >= 11 is 0. The van der Waals surface area contributed by atoms with Crippen LogP contribution in [0.2, 0.25) is 0 Å². The first kappa shape index (κ1) is 18.5. The van der Waals surface area contributed by atoms with Crippen LogP contribution < -0.4 is 10.5 Å². The summed E-state index contributed by atoms with van der Waals surface area (Å²) in [4.78, 5) is 26.7. The number of aryl methyl sites for hydroxylation is 1. The van der Waals surface area contributed by atoms with Crippen molar-refractivity contribution in [3.63, 3.8) is 0 Å². The van der Waals surface area contributed by atoms with Crippen LogP contribution in [0, 0.1) is 12.7 Å². The molecule has 158 valence electrons. The average molecular weight is 418 g/mol. The first-order chi connectivity index (χ1) is 15.0. The van der Waals surface area contributed by atoms with E-state index in [1.807, 2.05) is 25.3 Å². The van der Waals surface area contributed by atoms with Crippen LogP contribution in [0.1, 0.15) is 18.5 Å². The van der Waals surface area contributed by atoms with Gasteiger partial charge in [-0.1, -0.05) is 0 Å². The molecule has 4 aromatic heterocycles. The third kappa shape index (κ3) is 3.09. The summed E-state index contributed by atoms with van der Waals surface area (Å²) in [6.45, 7) is 6.04. The maximum Gasteiger partial charge on any atom is 0.258 e. The Morgan fingerprint density at radius 3 is 2.87 bits per heavy atom. The molecule has 2 aliphatic rings. The minimum Gasteiger partial charge on any atom is -0.367 e. The van der Waals surface area contributed by atoms with Gasteiger partial charge in [-0.15, -0.1) is 0 Å². The first-order valence-electron chi connectivity index (χ1n) is 10.7. The molecule has 1 atom stereocenters. The molecule has 0 unspecified atom stereocenters. The zero-order valence-electron chi connectivity index (χ0n) is 17.3. The Morgan fingerprint density at radius 1 is 1.06 bits per heavy atom. The number of halogens is 1. The zero-order valence-corrected chi connectivity index (χ0v) is 17.3. The number of imidazole rings is 1.